The molecule has 0 aromatic heterocycles. The number of hydrogen-bond donors (Lipinski definition) is 3. The van der Waals surface area contributed by atoms with Crippen LogP contribution in [0.2, 0.25) is 0 Å². The van der Waals surface area contributed by atoms with Gasteiger partial charge in [-0.25, -0.2) is 4.79 Å². The van der Waals surface area contributed by atoms with E-state index < -0.39 is 0 Å². The highest BCUT2D eigenvalue weighted by Gasteiger charge is 2.03. The third-order valence-electron chi connectivity index (χ3n) is 2.05. The molecule has 2 amide bonds. The maximum Gasteiger partial charge on any atom is 0.319 e. The summed E-state index contributed by atoms with van der Waals surface area (Å²) in [5.41, 5.74) is 1.48. The number of ether oxygens (including phenoxy) is 1. The predicted octanol–water partition coefficient (Wildman–Crippen LogP) is 1.47. The number of carbonyl (C=O) groups is 1. The van der Waals surface area contributed by atoms with E-state index in [0.29, 0.717) is 18.8 Å². The standard InChI is InChI=1S/C11H16N2O3/c1-8-7-9(14)3-4-10(8)13-11(15)12-5-6-16-2/h3-4,7,14H,5-6H2,1-2H3,(H2,12,13,15). The van der Waals surface area contributed by atoms with Gasteiger partial charge in [0, 0.05) is 19.3 Å². The third kappa shape index (κ3) is 3.78. The highest BCUT2D eigenvalue weighted by Crippen LogP contribution is 2.19. The minimum Gasteiger partial charge on any atom is -0.508 e. The minimum atomic E-state index is -0.286. The molecule has 0 saturated heterocycles. The molecule has 5 heteroatoms. The van der Waals surface area contributed by atoms with Gasteiger partial charge in [-0.1, -0.05) is 0 Å². The monoisotopic (exact) mass is 224 g/mol. The summed E-state index contributed by atoms with van der Waals surface area (Å²) in [5.74, 6) is 0.183. The number of benzene rings is 1. The van der Waals surface area contributed by atoms with E-state index in [1.54, 1.807) is 19.2 Å². The summed E-state index contributed by atoms with van der Waals surface area (Å²) < 4.78 is 4.81. The second-order valence-corrected chi connectivity index (χ2v) is 3.37. The first-order valence-corrected chi connectivity index (χ1v) is 4.97. The van der Waals surface area contributed by atoms with Gasteiger partial charge in [0.25, 0.3) is 0 Å². The molecule has 0 bridgehead atoms. The molecule has 3 N–H and O–H groups in total. The number of aryl methyl sites for hydroxylation is 1. The number of rotatable bonds is 4. The molecule has 0 spiro atoms. The van der Waals surface area contributed by atoms with Crippen LogP contribution >= 0.6 is 0 Å². The van der Waals surface area contributed by atoms with Crippen LogP contribution in [-0.4, -0.2) is 31.4 Å². The quantitative estimate of drug-likeness (QED) is 0.535. The van der Waals surface area contributed by atoms with Gasteiger partial charge < -0.3 is 20.5 Å². The van der Waals surface area contributed by atoms with E-state index in [4.69, 9.17) is 4.74 Å². The average molecular weight is 224 g/mol. The average Bonchev–Trinajstić information content (AvgIpc) is 2.23. The van der Waals surface area contributed by atoms with Crippen LogP contribution in [0.3, 0.4) is 0 Å². The summed E-state index contributed by atoms with van der Waals surface area (Å²) in [7, 11) is 1.57. The lowest BCUT2D eigenvalue weighted by Crippen LogP contribution is -2.31. The summed E-state index contributed by atoms with van der Waals surface area (Å²) in [4.78, 5) is 11.4. The molecule has 0 unspecified atom stereocenters. The van der Waals surface area contributed by atoms with Crippen molar-refractivity contribution < 1.29 is 14.6 Å². The number of methoxy groups -OCH3 is 1. The first-order valence-electron chi connectivity index (χ1n) is 4.97. The number of anilines is 1. The Labute approximate surface area is 94.4 Å². The molecule has 1 aromatic rings. The van der Waals surface area contributed by atoms with Crippen LogP contribution in [0.4, 0.5) is 10.5 Å². The fourth-order valence-corrected chi connectivity index (χ4v) is 1.22. The maximum atomic E-state index is 11.4. The summed E-state index contributed by atoms with van der Waals surface area (Å²) >= 11 is 0. The highest BCUT2D eigenvalue weighted by molar-refractivity contribution is 5.90. The zero-order valence-electron chi connectivity index (χ0n) is 9.41. The van der Waals surface area contributed by atoms with Gasteiger partial charge in [-0.15, -0.1) is 0 Å². The number of carbonyl (C=O) groups excluding carboxylic acids is 1. The molecule has 0 radical (unpaired) electrons. The van der Waals surface area contributed by atoms with E-state index in [1.807, 2.05) is 6.92 Å². The van der Waals surface area contributed by atoms with Crippen molar-refractivity contribution >= 4 is 11.7 Å². The lowest BCUT2D eigenvalue weighted by molar-refractivity contribution is 0.198. The molecule has 16 heavy (non-hydrogen) atoms. The van der Waals surface area contributed by atoms with Crippen LogP contribution in [0.5, 0.6) is 5.75 Å². The zero-order chi connectivity index (χ0) is 12.0. The summed E-state index contributed by atoms with van der Waals surface area (Å²) in [6, 6.07) is 4.48. The lowest BCUT2D eigenvalue weighted by atomic mass is 10.2. The van der Waals surface area contributed by atoms with Crippen molar-refractivity contribution in [1.82, 2.24) is 5.32 Å². The molecule has 0 heterocycles. The normalized spacial score (nSPS) is 9.88. The Morgan fingerprint density at radius 1 is 1.50 bits per heavy atom. The van der Waals surface area contributed by atoms with Crippen LogP contribution in [0.25, 0.3) is 0 Å². The van der Waals surface area contributed by atoms with Crippen LogP contribution in [0.1, 0.15) is 5.56 Å². The van der Waals surface area contributed by atoms with Crippen LogP contribution < -0.4 is 10.6 Å². The van der Waals surface area contributed by atoms with E-state index in [-0.39, 0.29) is 11.8 Å². The van der Waals surface area contributed by atoms with Crippen LogP contribution in [0.15, 0.2) is 18.2 Å². The Morgan fingerprint density at radius 3 is 2.88 bits per heavy atom. The van der Waals surface area contributed by atoms with Gasteiger partial charge in [0.1, 0.15) is 5.75 Å². The van der Waals surface area contributed by atoms with Crippen molar-refractivity contribution in [1.29, 1.82) is 0 Å². The molecule has 0 fully saturated rings. The second-order valence-electron chi connectivity index (χ2n) is 3.37. The lowest BCUT2D eigenvalue weighted by Gasteiger charge is -2.09. The van der Waals surface area contributed by atoms with Gasteiger partial charge in [-0.3, -0.25) is 0 Å². The largest absolute Gasteiger partial charge is 0.508 e. The Hall–Kier alpha value is -1.75. The molecular formula is C11H16N2O3. The molecular weight excluding hydrogens is 208 g/mol. The Morgan fingerprint density at radius 2 is 2.25 bits per heavy atom. The van der Waals surface area contributed by atoms with Gasteiger partial charge >= 0.3 is 6.03 Å². The van der Waals surface area contributed by atoms with Gasteiger partial charge in [0.05, 0.1) is 6.61 Å². The summed E-state index contributed by atoms with van der Waals surface area (Å²) in [6.07, 6.45) is 0. The number of urea groups is 1. The molecule has 0 atom stereocenters. The van der Waals surface area contributed by atoms with Crippen molar-refractivity contribution in [3.8, 4) is 5.75 Å². The second kappa shape index (κ2) is 5.97. The molecule has 0 aliphatic carbocycles. The number of hydrogen-bond acceptors (Lipinski definition) is 3. The number of phenols is 1. The number of phenolic OH excluding ortho intramolecular Hbond substituents is 1. The first kappa shape index (κ1) is 12.3. The maximum absolute atomic E-state index is 11.4. The van der Waals surface area contributed by atoms with E-state index in [1.165, 1.54) is 6.07 Å². The highest BCUT2D eigenvalue weighted by atomic mass is 16.5. The summed E-state index contributed by atoms with van der Waals surface area (Å²) in [5, 5.41) is 14.5. The third-order valence-corrected chi connectivity index (χ3v) is 2.05. The van der Waals surface area contributed by atoms with Crippen molar-refractivity contribution in [3.05, 3.63) is 23.8 Å². The minimum absolute atomic E-state index is 0.183. The van der Waals surface area contributed by atoms with Gasteiger partial charge in [0.15, 0.2) is 0 Å². The van der Waals surface area contributed by atoms with E-state index in [9.17, 15) is 9.90 Å². The van der Waals surface area contributed by atoms with Gasteiger partial charge in [0.2, 0.25) is 0 Å². The Balaban J connectivity index is 2.49. The molecule has 0 aliphatic rings. The van der Waals surface area contributed by atoms with Crippen molar-refractivity contribution in [2.24, 2.45) is 0 Å². The Kier molecular flexibility index (Phi) is 4.60. The summed E-state index contributed by atoms with van der Waals surface area (Å²) in [6.45, 7) is 2.74. The van der Waals surface area contributed by atoms with Crippen molar-refractivity contribution in [3.63, 3.8) is 0 Å². The van der Waals surface area contributed by atoms with Crippen LogP contribution in [0, 0.1) is 6.92 Å². The number of aromatic hydroxyl groups is 1. The fraction of sp³-hybridized carbons (Fsp3) is 0.364. The van der Waals surface area contributed by atoms with Crippen molar-refractivity contribution in [2.45, 2.75) is 6.92 Å². The molecule has 1 rings (SSSR count). The predicted molar refractivity (Wildman–Crippen MR) is 61.7 cm³/mol. The number of nitrogens with one attached hydrogen (secondary N) is 2. The van der Waals surface area contributed by atoms with Crippen molar-refractivity contribution in [2.75, 3.05) is 25.6 Å². The molecule has 5 nitrogen and oxygen atoms in total. The first-order chi connectivity index (χ1) is 7.63. The van der Waals surface area contributed by atoms with E-state index in [2.05, 4.69) is 10.6 Å². The molecule has 1 aromatic carbocycles. The SMILES string of the molecule is COCCNC(=O)Nc1ccc(O)cc1C. The van der Waals surface area contributed by atoms with E-state index in [0.717, 1.165) is 5.56 Å². The molecule has 0 saturated carbocycles. The fourth-order valence-electron chi connectivity index (χ4n) is 1.22. The molecule has 88 valence electrons. The van der Waals surface area contributed by atoms with Crippen LogP contribution in [-0.2, 0) is 4.74 Å². The topological polar surface area (TPSA) is 70.6 Å². The van der Waals surface area contributed by atoms with Gasteiger partial charge in [-0.05, 0) is 30.7 Å². The smallest absolute Gasteiger partial charge is 0.319 e. The Bertz CT molecular complexity index is 366. The molecule has 0 aliphatic heterocycles. The zero-order valence-corrected chi connectivity index (χ0v) is 9.41. The van der Waals surface area contributed by atoms with Gasteiger partial charge in [-0.2, -0.15) is 0 Å². The van der Waals surface area contributed by atoms with E-state index >= 15 is 0 Å². The number of amides is 2.